The van der Waals surface area contributed by atoms with Crippen LogP contribution in [0.3, 0.4) is 0 Å². The maximum atomic E-state index is 11.9. The van der Waals surface area contributed by atoms with Crippen LogP contribution in [0.5, 0.6) is 0 Å². The summed E-state index contributed by atoms with van der Waals surface area (Å²) in [7, 11) is 0. The number of ether oxygens (including phenoxy) is 2. The van der Waals surface area contributed by atoms with Gasteiger partial charge in [0.15, 0.2) is 0 Å². The van der Waals surface area contributed by atoms with Gasteiger partial charge >= 0.3 is 6.18 Å². The molecule has 0 spiro atoms. The first-order valence-corrected chi connectivity index (χ1v) is 6.73. The highest BCUT2D eigenvalue weighted by molar-refractivity contribution is 4.92. The Bertz CT molecular complexity index is 439. The second kappa shape index (κ2) is 7.19. The molecule has 0 saturated carbocycles. The summed E-state index contributed by atoms with van der Waals surface area (Å²) in [5, 5.41) is 3.82. The number of aryl methyl sites for hydroxylation is 1. The summed E-state index contributed by atoms with van der Waals surface area (Å²) >= 11 is 0. The normalized spacial score (nSPS) is 20.9. The lowest BCUT2D eigenvalue weighted by Crippen LogP contribution is -2.39. The van der Waals surface area contributed by atoms with Crippen molar-refractivity contribution in [1.82, 2.24) is 15.0 Å². The van der Waals surface area contributed by atoms with E-state index in [1.807, 2.05) is 0 Å². The second-order valence-electron chi connectivity index (χ2n) is 4.85. The van der Waals surface area contributed by atoms with E-state index in [1.54, 1.807) is 6.92 Å². The van der Waals surface area contributed by atoms with Crippen LogP contribution in [-0.4, -0.2) is 60.7 Å². The number of halogens is 3. The van der Waals surface area contributed by atoms with Crippen LogP contribution in [0.15, 0.2) is 4.52 Å². The maximum absolute atomic E-state index is 11.9. The lowest BCUT2D eigenvalue weighted by molar-refractivity contribution is -0.174. The molecular weight excluding hydrogens is 291 g/mol. The van der Waals surface area contributed by atoms with E-state index < -0.39 is 12.8 Å². The molecule has 2 rings (SSSR count). The van der Waals surface area contributed by atoms with Crippen molar-refractivity contribution >= 4 is 0 Å². The van der Waals surface area contributed by atoms with Crippen molar-refractivity contribution in [3.63, 3.8) is 0 Å². The van der Waals surface area contributed by atoms with Gasteiger partial charge in [0.1, 0.15) is 12.7 Å². The van der Waals surface area contributed by atoms with Gasteiger partial charge in [-0.2, -0.15) is 18.2 Å². The largest absolute Gasteiger partial charge is 0.411 e. The fraction of sp³-hybridized carbons (Fsp3) is 0.833. The van der Waals surface area contributed by atoms with Crippen LogP contribution in [0, 0.1) is 6.92 Å². The number of alkyl halides is 3. The molecule has 1 atom stereocenters. The summed E-state index contributed by atoms with van der Waals surface area (Å²) < 4.78 is 50.8. The molecule has 1 unspecified atom stereocenters. The predicted octanol–water partition coefficient (Wildman–Crippen LogP) is 1.72. The zero-order chi connectivity index (χ0) is 15.3. The Kier molecular flexibility index (Phi) is 5.54. The fourth-order valence-corrected chi connectivity index (χ4v) is 2.09. The molecule has 1 aromatic heterocycles. The van der Waals surface area contributed by atoms with Crippen LogP contribution in [0.25, 0.3) is 0 Å². The van der Waals surface area contributed by atoms with E-state index in [1.165, 1.54) is 0 Å². The highest BCUT2D eigenvalue weighted by atomic mass is 19.4. The molecule has 0 aliphatic carbocycles. The molecule has 2 heterocycles. The van der Waals surface area contributed by atoms with Crippen molar-refractivity contribution in [3.05, 3.63) is 11.7 Å². The summed E-state index contributed by atoms with van der Waals surface area (Å²) in [6, 6.07) is 0. The van der Waals surface area contributed by atoms with Gasteiger partial charge in [-0.25, -0.2) is 0 Å². The minimum absolute atomic E-state index is 0.0862. The van der Waals surface area contributed by atoms with E-state index in [4.69, 9.17) is 9.26 Å². The molecule has 0 N–H and O–H groups in total. The monoisotopic (exact) mass is 309 g/mol. The van der Waals surface area contributed by atoms with Crippen molar-refractivity contribution in [1.29, 1.82) is 0 Å². The lowest BCUT2D eigenvalue weighted by atomic mass is 10.2. The van der Waals surface area contributed by atoms with E-state index >= 15 is 0 Å². The second-order valence-corrected chi connectivity index (χ2v) is 4.85. The van der Waals surface area contributed by atoms with Gasteiger partial charge in [-0.15, -0.1) is 0 Å². The molecule has 0 bridgehead atoms. The molecule has 1 saturated heterocycles. The summed E-state index contributed by atoms with van der Waals surface area (Å²) in [6.07, 6.45) is -3.98. The van der Waals surface area contributed by atoms with Gasteiger partial charge < -0.3 is 14.0 Å². The molecule has 1 aromatic rings. The molecule has 0 aromatic carbocycles. The minimum Gasteiger partial charge on any atom is -0.372 e. The third kappa shape index (κ3) is 5.60. The quantitative estimate of drug-likeness (QED) is 0.746. The van der Waals surface area contributed by atoms with Gasteiger partial charge in [-0.05, 0) is 6.42 Å². The van der Waals surface area contributed by atoms with Gasteiger partial charge in [0.05, 0.1) is 6.61 Å². The van der Waals surface area contributed by atoms with E-state index in [2.05, 4.69) is 19.8 Å². The number of rotatable bonds is 6. The Morgan fingerprint density at radius 2 is 2.24 bits per heavy atom. The fourth-order valence-electron chi connectivity index (χ4n) is 2.09. The smallest absolute Gasteiger partial charge is 0.372 e. The molecule has 120 valence electrons. The number of hydrogen-bond donors (Lipinski definition) is 0. The first-order valence-electron chi connectivity index (χ1n) is 6.73. The maximum Gasteiger partial charge on any atom is 0.411 e. The summed E-state index contributed by atoms with van der Waals surface area (Å²) in [5.74, 6) is 0.983. The molecule has 1 aliphatic heterocycles. The summed E-state index contributed by atoms with van der Waals surface area (Å²) in [5.41, 5.74) is 0. The topological polar surface area (TPSA) is 60.6 Å². The first kappa shape index (κ1) is 16.2. The first-order chi connectivity index (χ1) is 9.94. The zero-order valence-electron chi connectivity index (χ0n) is 11.7. The van der Waals surface area contributed by atoms with E-state index in [0.717, 1.165) is 6.54 Å². The summed E-state index contributed by atoms with van der Waals surface area (Å²) in [4.78, 5) is 6.22. The van der Waals surface area contributed by atoms with Crippen LogP contribution in [0.2, 0.25) is 0 Å². The van der Waals surface area contributed by atoms with Crippen LogP contribution in [0.1, 0.15) is 24.2 Å². The Hall–Kier alpha value is -1.19. The third-order valence-corrected chi connectivity index (χ3v) is 3.01. The predicted molar refractivity (Wildman–Crippen MR) is 65.7 cm³/mol. The van der Waals surface area contributed by atoms with Crippen molar-refractivity contribution in [2.75, 3.05) is 39.5 Å². The van der Waals surface area contributed by atoms with Gasteiger partial charge in [0, 0.05) is 33.2 Å². The average Bonchev–Trinajstić information content (AvgIpc) is 2.84. The van der Waals surface area contributed by atoms with Crippen LogP contribution in [-0.2, 0) is 9.47 Å². The van der Waals surface area contributed by atoms with E-state index in [9.17, 15) is 13.2 Å². The van der Waals surface area contributed by atoms with Gasteiger partial charge in [0.2, 0.25) is 11.7 Å². The number of hydrogen-bond acceptors (Lipinski definition) is 6. The van der Waals surface area contributed by atoms with Crippen LogP contribution >= 0.6 is 0 Å². The molecule has 1 aliphatic rings. The molecule has 1 fully saturated rings. The van der Waals surface area contributed by atoms with Crippen molar-refractivity contribution in [3.8, 4) is 0 Å². The lowest BCUT2D eigenvalue weighted by Gasteiger charge is -2.31. The van der Waals surface area contributed by atoms with Crippen LogP contribution < -0.4 is 0 Å². The standard InChI is InChI=1S/C12H18F3N3O3/c1-9-16-11(17-21-9)10-7-18(4-6-20-10)3-2-5-19-8-12(13,14)15/h10H,2-8H2,1H3. The summed E-state index contributed by atoms with van der Waals surface area (Å²) in [6.45, 7) is 3.10. The van der Waals surface area contributed by atoms with Crippen LogP contribution in [0.4, 0.5) is 13.2 Å². The zero-order valence-corrected chi connectivity index (χ0v) is 11.7. The Morgan fingerprint density at radius 1 is 1.43 bits per heavy atom. The molecule has 0 amide bonds. The highest BCUT2D eigenvalue weighted by Gasteiger charge is 2.28. The Morgan fingerprint density at radius 3 is 2.90 bits per heavy atom. The molecule has 21 heavy (non-hydrogen) atoms. The van der Waals surface area contributed by atoms with Crippen molar-refractivity contribution < 1.29 is 27.2 Å². The molecular formula is C12H18F3N3O3. The Labute approximate surface area is 120 Å². The van der Waals surface area contributed by atoms with E-state index in [0.29, 0.717) is 37.8 Å². The SMILES string of the molecule is Cc1nc(C2CN(CCCOCC(F)(F)F)CCO2)no1. The number of morpholine rings is 1. The average molecular weight is 309 g/mol. The Balaban J connectivity index is 1.67. The van der Waals surface area contributed by atoms with Gasteiger partial charge in [0.25, 0.3) is 0 Å². The van der Waals surface area contributed by atoms with Crippen molar-refractivity contribution in [2.24, 2.45) is 0 Å². The number of aromatic nitrogens is 2. The minimum atomic E-state index is -4.26. The molecule has 9 heteroatoms. The van der Waals surface area contributed by atoms with Gasteiger partial charge in [-0.1, -0.05) is 5.16 Å². The van der Waals surface area contributed by atoms with Crippen molar-refractivity contribution in [2.45, 2.75) is 25.6 Å². The number of nitrogens with zero attached hydrogens (tertiary/aromatic N) is 3. The highest BCUT2D eigenvalue weighted by Crippen LogP contribution is 2.20. The third-order valence-electron chi connectivity index (χ3n) is 3.01. The van der Waals surface area contributed by atoms with Gasteiger partial charge in [-0.3, -0.25) is 4.90 Å². The molecule has 6 nitrogen and oxygen atoms in total. The van der Waals surface area contributed by atoms with E-state index in [-0.39, 0.29) is 12.7 Å². The molecule has 0 radical (unpaired) electrons.